The van der Waals surface area contributed by atoms with Crippen LogP contribution in [0.2, 0.25) is 5.02 Å². The molecule has 0 saturated heterocycles. The van der Waals surface area contributed by atoms with Crippen LogP contribution in [-0.4, -0.2) is 31.1 Å². The van der Waals surface area contributed by atoms with Crippen LogP contribution < -0.4 is 10.1 Å². The maximum absolute atomic E-state index is 14.3. The van der Waals surface area contributed by atoms with Crippen molar-refractivity contribution in [1.29, 1.82) is 0 Å². The van der Waals surface area contributed by atoms with E-state index in [0.717, 1.165) is 5.69 Å². The Balaban J connectivity index is 1.23. The number of aromatic nitrogens is 5. The number of carbonyl (C=O) groups is 1. The van der Waals surface area contributed by atoms with Crippen molar-refractivity contribution in [2.24, 2.45) is 5.92 Å². The number of nitrogens with zero attached hydrogens (tertiary/aromatic N) is 5. The summed E-state index contributed by atoms with van der Waals surface area (Å²) in [4.78, 5) is 25.3. The fraction of sp³-hybridized carbons (Fsp3) is 0.217. The second-order valence-corrected chi connectivity index (χ2v) is 8.30. The van der Waals surface area contributed by atoms with Crippen LogP contribution in [0.1, 0.15) is 29.4 Å². The molecule has 0 unspecified atom stereocenters. The minimum atomic E-state index is -0.458. The predicted molar refractivity (Wildman–Crippen MR) is 119 cm³/mol. The Morgan fingerprint density at radius 1 is 1.24 bits per heavy atom. The fourth-order valence-corrected chi connectivity index (χ4v) is 3.78. The lowest BCUT2D eigenvalue weighted by molar-refractivity contribution is -0.117. The topological polar surface area (TPSA) is 103 Å². The summed E-state index contributed by atoms with van der Waals surface area (Å²) in [6, 6.07) is 8.16. The summed E-state index contributed by atoms with van der Waals surface area (Å²) >= 11 is 5.96. The molecule has 166 valence electrons. The first-order valence-electron chi connectivity index (χ1n) is 10.3. The minimum Gasteiger partial charge on any atom is -0.487 e. The predicted octanol–water partition coefficient (Wildman–Crippen LogP) is 4.24. The summed E-state index contributed by atoms with van der Waals surface area (Å²) in [6.45, 7) is 1.98. The molecule has 8 nitrogen and oxygen atoms in total. The van der Waals surface area contributed by atoms with Gasteiger partial charge in [-0.3, -0.25) is 9.78 Å². The number of hydrogen-bond acceptors (Lipinski definition) is 7. The molecule has 33 heavy (non-hydrogen) atoms. The van der Waals surface area contributed by atoms with Gasteiger partial charge >= 0.3 is 0 Å². The standard InChI is InChI=1S/C23H18ClFN6O2/c1-12-2-3-26-22(29-12)17-8-18(17)23(32)30-20-7-16(10-28-31-20)33-11-13-4-14-6-15(24)9-27-21(14)19(25)5-13/h2-7,9-10,17-18H,8,11H2,1H3,(H,30,31,32)/t17-,18-/m0/s1. The van der Waals surface area contributed by atoms with E-state index in [1.54, 1.807) is 24.4 Å². The van der Waals surface area contributed by atoms with Gasteiger partial charge in [-0.15, -0.1) is 5.10 Å². The highest BCUT2D eigenvalue weighted by atomic mass is 35.5. The molecule has 10 heteroatoms. The van der Waals surface area contributed by atoms with Gasteiger partial charge < -0.3 is 10.1 Å². The van der Waals surface area contributed by atoms with Gasteiger partial charge in [0.2, 0.25) is 5.91 Å². The normalized spacial score (nSPS) is 17.1. The Labute approximate surface area is 193 Å². The number of nitrogens with one attached hydrogen (secondary N) is 1. The molecule has 1 aliphatic carbocycles. The van der Waals surface area contributed by atoms with E-state index < -0.39 is 5.82 Å². The Hall–Kier alpha value is -3.72. The summed E-state index contributed by atoms with van der Waals surface area (Å²) in [7, 11) is 0. The van der Waals surface area contributed by atoms with Gasteiger partial charge in [-0.2, -0.15) is 5.10 Å². The van der Waals surface area contributed by atoms with Crippen LogP contribution in [0.5, 0.6) is 5.75 Å². The Morgan fingerprint density at radius 2 is 2.12 bits per heavy atom. The summed E-state index contributed by atoms with van der Waals surface area (Å²) in [6.07, 6.45) is 5.21. The fourth-order valence-electron chi connectivity index (χ4n) is 3.61. The molecule has 3 aromatic heterocycles. The molecule has 4 aromatic rings. The van der Waals surface area contributed by atoms with Gasteiger partial charge in [-0.1, -0.05) is 11.6 Å². The van der Waals surface area contributed by atoms with E-state index in [4.69, 9.17) is 16.3 Å². The molecule has 2 atom stereocenters. The zero-order chi connectivity index (χ0) is 22.9. The molecule has 3 heterocycles. The Kier molecular flexibility index (Phi) is 5.55. The SMILES string of the molecule is Cc1ccnc([C@H]2C[C@@H]2C(=O)Nc2cc(OCc3cc(F)c4ncc(Cl)cc4c3)cnn2)n1. The zero-order valence-corrected chi connectivity index (χ0v) is 18.3. The number of aryl methyl sites for hydroxylation is 1. The molecule has 1 N–H and O–H groups in total. The number of pyridine rings is 1. The highest BCUT2D eigenvalue weighted by Gasteiger charge is 2.46. The van der Waals surface area contributed by atoms with Crippen LogP contribution in [0, 0.1) is 18.7 Å². The first-order chi connectivity index (χ1) is 16.0. The molecule has 1 fully saturated rings. The molecule has 0 bridgehead atoms. The quantitative estimate of drug-likeness (QED) is 0.455. The van der Waals surface area contributed by atoms with Crippen LogP contribution in [0.3, 0.4) is 0 Å². The number of hydrogen-bond donors (Lipinski definition) is 1. The number of rotatable bonds is 6. The van der Waals surface area contributed by atoms with Gasteiger partial charge in [0.05, 0.1) is 11.2 Å². The molecule has 0 aliphatic heterocycles. The van der Waals surface area contributed by atoms with Gasteiger partial charge in [0.25, 0.3) is 0 Å². The summed E-state index contributed by atoms with van der Waals surface area (Å²) in [5.41, 5.74) is 1.71. The van der Waals surface area contributed by atoms with Gasteiger partial charge in [0, 0.05) is 41.4 Å². The number of benzene rings is 1. The van der Waals surface area contributed by atoms with Crippen LogP contribution >= 0.6 is 11.6 Å². The van der Waals surface area contributed by atoms with E-state index in [0.29, 0.717) is 34.0 Å². The third-order valence-electron chi connectivity index (χ3n) is 5.32. The van der Waals surface area contributed by atoms with Crippen molar-refractivity contribution in [2.75, 3.05) is 5.32 Å². The lowest BCUT2D eigenvalue weighted by Crippen LogP contribution is -2.16. The Morgan fingerprint density at radius 3 is 2.97 bits per heavy atom. The zero-order valence-electron chi connectivity index (χ0n) is 17.5. The van der Waals surface area contributed by atoms with Crippen molar-refractivity contribution in [3.8, 4) is 5.75 Å². The van der Waals surface area contributed by atoms with E-state index in [-0.39, 0.29) is 35.7 Å². The molecule has 1 amide bonds. The molecule has 1 aliphatic rings. The largest absolute Gasteiger partial charge is 0.487 e. The number of fused-ring (bicyclic) bond motifs is 1. The average Bonchev–Trinajstić information content (AvgIpc) is 3.59. The minimum absolute atomic E-state index is 0.00286. The van der Waals surface area contributed by atoms with E-state index in [9.17, 15) is 9.18 Å². The first kappa shape index (κ1) is 21.1. The van der Waals surface area contributed by atoms with Crippen LogP contribution in [0.15, 0.2) is 48.9 Å². The van der Waals surface area contributed by atoms with Crippen molar-refractivity contribution in [2.45, 2.75) is 25.9 Å². The van der Waals surface area contributed by atoms with E-state index >= 15 is 0 Å². The highest BCUT2D eigenvalue weighted by Crippen LogP contribution is 2.46. The molecular weight excluding hydrogens is 447 g/mol. The lowest BCUT2D eigenvalue weighted by Gasteiger charge is -2.09. The lowest BCUT2D eigenvalue weighted by atomic mass is 10.1. The molecule has 0 radical (unpaired) electrons. The van der Waals surface area contributed by atoms with Gasteiger partial charge in [-0.05, 0) is 43.2 Å². The number of ether oxygens (including phenoxy) is 1. The number of amides is 1. The van der Waals surface area contributed by atoms with E-state index in [1.807, 2.05) is 13.0 Å². The van der Waals surface area contributed by atoms with Crippen LogP contribution in [-0.2, 0) is 11.4 Å². The average molecular weight is 465 g/mol. The third kappa shape index (κ3) is 4.73. The van der Waals surface area contributed by atoms with E-state index in [1.165, 1.54) is 18.5 Å². The van der Waals surface area contributed by atoms with Crippen molar-refractivity contribution >= 4 is 34.2 Å². The second kappa shape index (κ2) is 8.67. The first-order valence-corrected chi connectivity index (χ1v) is 10.6. The number of anilines is 1. The second-order valence-electron chi connectivity index (χ2n) is 7.86. The molecule has 1 aromatic carbocycles. The number of carbonyl (C=O) groups excluding carboxylic acids is 1. The van der Waals surface area contributed by atoms with Gasteiger partial charge in [0.15, 0.2) is 5.82 Å². The van der Waals surface area contributed by atoms with Crippen molar-refractivity contribution in [3.05, 3.63) is 76.8 Å². The van der Waals surface area contributed by atoms with Crippen molar-refractivity contribution in [1.82, 2.24) is 25.1 Å². The monoisotopic (exact) mass is 464 g/mol. The molecule has 0 spiro atoms. The van der Waals surface area contributed by atoms with Crippen molar-refractivity contribution < 1.29 is 13.9 Å². The molecule has 5 rings (SSSR count). The Bertz CT molecular complexity index is 1370. The number of halogens is 2. The smallest absolute Gasteiger partial charge is 0.229 e. The third-order valence-corrected chi connectivity index (χ3v) is 5.53. The van der Waals surface area contributed by atoms with Crippen molar-refractivity contribution in [3.63, 3.8) is 0 Å². The van der Waals surface area contributed by atoms with Crippen LogP contribution in [0.25, 0.3) is 10.9 Å². The van der Waals surface area contributed by atoms with Gasteiger partial charge in [0.1, 0.15) is 29.5 Å². The summed E-state index contributed by atoms with van der Waals surface area (Å²) in [5.74, 6) is 0.505. The van der Waals surface area contributed by atoms with Crippen LogP contribution in [0.4, 0.5) is 10.2 Å². The summed E-state index contributed by atoms with van der Waals surface area (Å²) in [5, 5.41) is 11.6. The molecular formula is C23H18ClFN6O2. The maximum atomic E-state index is 14.3. The highest BCUT2D eigenvalue weighted by molar-refractivity contribution is 6.31. The van der Waals surface area contributed by atoms with E-state index in [2.05, 4.69) is 30.5 Å². The van der Waals surface area contributed by atoms with Gasteiger partial charge in [-0.25, -0.2) is 14.4 Å². The maximum Gasteiger partial charge on any atom is 0.229 e. The molecule has 1 saturated carbocycles. The summed E-state index contributed by atoms with van der Waals surface area (Å²) < 4.78 is 20.1.